The van der Waals surface area contributed by atoms with Crippen LogP contribution in [0.4, 0.5) is 0 Å². The summed E-state index contributed by atoms with van der Waals surface area (Å²) in [6.07, 6.45) is 5.86. The molecule has 1 atom stereocenters. The van der Waals surface area contributed by atoms with E-state index in [1.165, 1.54) is 5.56 Å². The SMILES string of the molecule is CCC(c1cccc(/C=C\C(=O)c2ccccc2)c1)C(C)(C)CC. The lowest BCUT2D eigenvalue weighted by molar-refractivity contribution is 0.104. The summed E-state index contributed by atoms with van der Waals surface area (Å²) in [5.41, 5.74) is 3.45. The van der Waals surface area contributed by atoms with E-state index in [1.807, 2.05) is 36.4 Å². The van der Waals surface area contributed by atoms with Gasteiger partial charge < -0.3 is 0 Å². The predicted molar refractivity (Wildman–Crippen MR) is 103 cm³/mol. The Labute approximate surface area is 146 Å². The maximum Gasteiger partial charge on any atom is 0.185 e. The lowest BCUT2D eigenvalue weighted by Gasteiger charge is -2.33. The summed E-state index contributed by atoms with van der Waals surface area (Å²) in [4.78, 5) is 12.2. The van der Waals surface area contributed by atoms with Gasteiger partial charge in [-0.1, -0.05) is 94.8 Å². The maximum absolute atomic E-state index is 12.2. The van der Waals surface area contributed by atoms with Crippen molar-refractivity contribution < 1.29 is 4.79 Å². The highest BCUT2D eigenvalue weighted by Gasteiger charge is 2.27. The fourth-order valence-electron chi connectivity index (χ4n) is 3.24. The van der Waals surface area contributed by atoms with Gasteiger partial charge >= 0.3 is 0 Å². The molecule has 0 saturated heterocycles. The topological polar surface area (TPSA) is 17.1 Å². The lowest BCUT2D eigenvalue weighted by Crippen LogP contribution is -2.20. The van der Waals surface area contributed by atoms with Crippen LogP contribution >= 0.6 is 0 Å². The molecule has 24 heavy (non-hydrogen) atoms. The molecule has 0 fully saturated rings. The summed E-state index contributed by atoms with van der Waals surface area (Å²) in [7, 11) is 0. The van der Waals surface area contributed by atoms with E-state index in [-0.39, 0.29) is 11.2 Å². The van der Waals surface area contributed by atoms with Gasteiger partial charge in [0.25, 0.3) is 0 Å². The molecule has 2 aromatic carbocycles. The van der Waals surface area contributed by atoms with Crippen molar-refractivity contribution in [2.24, 2.45) is 5.41 Å². The highest BCUT2D eigenvalue weighted by Crippen LogP contribution is 2.40. The third-order valence-electron chi connectivity index (χ3n) is 5.06. The van der Waals surface area contributed by atoms with Gasteiger partial charge in [0.15, 0.2) is 5.78 Å². The molecule has 2 aromatic rings. The number of carbonyl (C=O) groups excluding carboxylic acids is 1. The number of rotatable bonds is 7. The van der Waals surface area contributed by atoms with Crippen LogP contribution in [-0.2, 0) is 0 Å². The van der Waals surface area contributed by atoms with E-state index in [9.17, 15) is 4.79 Å². The van der Waals surface area contributed by atoms with Crippen molar-refractivity contribution in [2.45, 2.75) is 46.5 Å². The van der Waals surface area contributed by atoms with Gasteiger partial charge in [-0.2, -0.15) is 0 Å². The van der Waals surface area contributed by atoms with Gasteiger partial charge in [0, 0.05) is 5.56 Å². The van der Waals surface area contributed by atoms with Crippen LogP contribution in [0, 0.1) is 5.41 Å². The average Bonchev–Trinajstić information content (AvgIpc) is 2.61. The van der Waals surface area contributed by atoms with Crippen LogP contribution in [0.25, 0.3) is 6.08 Å². The van der Waals surface area contributed by atoms with Crippen molar-refractivity contribution in [3.63, 3.8) is 0 Å². The Morgan fingerprint density at radius 3 is 2.38 bits per heavy atom. The smallest absolute Gasteiger partial charge is 0.185 e. The number of benzene rings is 2. The van der Waals surface area contributed by atoms with Gasteiger partial charge in [-0.25, -0.2) is 0 Å². The number of hydrogen-bond donors (Lipinski definition) is 0. The van der Waals surface area contributed by atoms with E-state index in [0.29, 0.717) is 5.92 Å². The molecule has 0 saturated carbocycles. The largest absolute Gasteiger partial charge is 0.289 e. The molecule has 1 nitrogen and oxygen atoms in total. The third-order valence-corrected chi connectivity index (χ3v) is 5.06. The van der Waals surface area contributed by atoms with Gasteiger partial charge in [-0.15, -0.1) is 0 Å². The summed E-state index contributed by atoms with van der Waals surface area (Å²) >= 11 is 0. The van der Waals surface area contributed by atoms with Gasteiger partial charge in [0.05, 0.1) is 0 Å². The van der Waals surface area contributed by atoms with Crippen molar-refractivity contribution in [1.82, 2.24) is 0 Å². The first-order chi connectivity index (χ1) is 11.5. The Bertz CT molecular complexity index is 695. The number of carbonyl (C=O) groups is 1. The predicted octanol–water partition coefficient (Wildman–Crippen LogP) is 6.51. The van der Waals surface area contributed by atoms with Gasteiger partial charge in [-0.05, 0) is 35.0 Å². The summed E-state index contributed by atoms with van der Waals surface area (Å²) in [5, 5.41) is 0. The Morgan fingerprint density at radius 1 is 1.04 bits per heavy atom. The molecule has 0 aliphatic rings. The number of allylic oxidation sites excluding steroid dienone is 1. The number of ketones is 1. The summed E-state index contributed by atoms with van der Waals surface area (Å²) < 4.78 is 0. The fraction of sp³-hybridized carbons (Fsp3) is 0.348. The Morgan fingerprint density at radius 2 is 1.75 bits per heavy atom. The molecular formula is C23H28O. The third kappa shape index (κ3) is 4.44. The van der Waals surface area contributed by atoms with Crippen molar-refractivity contribution in [1.29, 1.82) is 0 Å². The first-order valence-electron chi connectivity index (χ1n) is 8.85. The van der Waals surface area contributed by atoms with E-state index < -0.39 is 0 Å². The van der Waals surface area contributed by atoms with E-state index in [1.54, 1.807) is 6.08 Å². The second-order valence-electron chi connectivity index (χ2n) is 7.04. The molecule has 0 aromatic heterocycles. The van der Waals surface area contributed by atoms with Crippen LogP contribution < -0.4 is 0 Å². The molecule has 0 spiro atoms. The molecule has 1 heteroatoms. The molecule has 0 aliphatic heterocycles. The highest BCUT2D eigenvalue weighted by molar-refractivity contribution is 6.06. The first-order valence-corrected chi connectivity index (χ1v) is 8.85. The zero-order chi connectivity index (χ0) is 17.6. The molecule has 1 unspecified atom stereocenters. The average molecular weight is 320 g/mol. The van der Waals surface area contributed by atoms with Crippen LogP contribution in [-0.4, -0.2) is 5.78 Å². The summed E-state index contributed by atoms with van der Waals surface area (Å²) in [5.74, 6) is 0.572. The Hall–Kier alpha value is -2.15. The Kier molecular flexibility index (Phi) is 6.14. The van der Waals surface area contributed by atoms with Crippen molar-refractivity contribution >= 4 is 11.9 Å². The number of hydrogen-bond acceptors (Lipinski definition) is 1. The standard InChI is InChI=1S/C23H28O/c1-5-21(23(3,4)6-2)20-14-10-11-18(17-20)15-16-22(24)19-12-8-7-9-13-19/h7-17,21H,5-6H2,1-4H3/b16-15-. The molecule has 0 bridgehead atoms. The molecule has 0 amide bonds. The molecule has 0 aliphatic carbocycles. The quantitative estimate of drug-likeness (QED) is 0.419. The van der Waals surface area contributed by atoms with Crippen LogP contribution in [0.3, 0.4) is 0 Å². The van der Waals surface area contributed by atoms with Crippen LogP contribution in [0.2, 0.25) is 0 Å². The van der Waals surface area contributed by atoms with Crippen LogP contribution in [0.15, 0.2) is 60.7 Å². The van der Waals surface area contributed by atoms with Crippen LogP contribution in [0.5, 0.6) is 0 Å². The second kappa shape index (κ2) is 8.10. The molecule has 2 rings (SSSR count). The van der Waals surface area contributed by atoms with Gasteiger partial charge in [0.1, 0.15) is 0 Å². The monoisotopic (exact) mass is 320 g/mol. The minimum absolute atomic E-state index is 0.0435. The fourth-order valence-corrected chi connectivity index (χ4v) is 3.24. The zero-order valence-corrected chi connectivity index (χ0v) is 15.3. The van der Waals surface area contributed by atoms with Crippen molar-refractivity contribution in [3.05, 3.63) is 77.4 Å². The van der Waals surface area contributed by atoms with Crippen molar-refractivity contribution in [3.8, 4) is 0 Å². The minimum Gasteiger partial charge on any atom is -0.289 e. The summed E-state index contributed by atoms with van der Waals surface area (Å²) in [6, 6.07) is 18.0. The molecular weight excluding hydrogens is 292 g/mol. The molecule has 0 N–H and O–H groups in total. The van der Waals surface area contributed by atoms with E-state index >= 15 is 0 Å². The second-order valence-corrected chi connectivity index (χ2v) is 7.04. The molecule has 126 valence electrons. The lowest BCUT2D eigenvalue weighted by atomic mass is 9.71. The van der Waals surface area contributed by atoms with E-state index in [4.69, 9.17) is 0 Å². The van der Waals surface area contributed by atoms with Crippen molar-refractivity contribution in [2.75, 3.05) is 0 Å². The highest BCUT2D eigenvalue weighted by atomic mass is 16.1. The maximum atomic E-state index is 12.2. The molecule has 0 radical (unpaired) electrons. The Balaban J connectivity index is 2.21. The van der Waals surface area contributed by atoms with E-state index in [2.05, 4.69) is 52.0 Å². The zero-order valence-electron chi connectivity index (χ0n) is 15.3. The van der Waals surface area contributed by atoms with Crippen LogP contribution in [0.1, 0.15) is 67.9 Å². The van der Waals surface area contributed by atoms with E-state index in [0.717, 1.165) is 24.0 Å². The first kappa shape index (κ1) is 18.2. The van der Waals surface area contributed by atoms with Gasteiger partial charge in [-0.3, -0.25) is 4.79 Å². The minimum atomic E-state index is 0.0435. The molecule has 0 heterocycles. The normalized spacial score (nSPS) is 13.2. The van der Waals surface area contributed by atoms with Gasteiger partial charge in [0.2, 0.25) is 0 Å². The summed E-state index contributed by atoms with van der Waals surface area (Å²) in [6.45, 7) is 9.18.